The number of furan rings is 1. The number of hydrogen-bond donors (Lipinski definition) is 2. The molecule has 2 heterocycles. The molecule has 0 saturated carbocycles. The normalized spacial score (nSPS) is 14.4. The molecule has 0 aliphatic carbocycles. The van der Waals surface area contributed by atoms with Gasteiger partial charge in [-0.15, -0.1) is 0 Å². The summed E-state index contributed by atoms with van der Waals surface area (Å²) in [6.45, 7) is 2.86. The average molecular weight is 271 g/mol. The average Bonchev–Trinajstić information content (AvgIpc) is 3.00. The van der Waals surface area contributed by atoms with Gasteiger partial charge in [0.25, 0.3) is 0 Å². The van der Waals surface area contributed by atoms with Crippen LogP contribution in [0.5, 0.6) is 0 Å². The van der Waals surface area contributed by atoms with Crippen molar-refractivity contribution in [1.82, 2.24) is 4.90 Å². The third-order valence-corrected chi connectivity index (χ3v) is 3.18. The molecule has 4 heteroatoms. The van der Waals surface area contributed by atoms with Gasteiger partial charge in [0.05, 0.1) is 18.5 Å². The van der Waals surface area contributed by atoms with Crippen LogP contribution in [0.25, 0.3) is 5.57 Å². The third kappa shape index (κ3) is 3.77. The van der Waals surface area contributed by atoms with Gasteiger partial charge in [-0.25, -0.2) is 0 Å². The predicted molar refractivity (Wildman–Crippen MR) is 81.5 cm³/mol. The first kappa shape index (κ1) is 14.4. The van der Waals surface area contributed by atoms with Crippen molar-refractivity contribution in [2.24, 2.45) is 11.5 Å². The van der Waals surface area contributed by atoms with Crippen LogP contribution in [0.2, 0.25) is 0 Å². The zero-order valence-electron chi connectivity index (χ0n) is 11.6. The van der Waals surface area contributed by atoms with Gasteiger partial charge in [0.1, 0.15) is 5.76 Å². The molecule has 0 saturated heterocycles. The number of rotatable bonds is 5. The van der Waals surface area contributed by atoms with Gasteiger partial charge in [-0.3, -0.25) is 0 Å². The van der Waals surface area contributed by atoms with E-state index in [0.717, 1.165) is 43.9 Å². The van der Waals surface area contributed by atoms with E-state index in [1.54, 1.807) is 6.26 Å². The van der Waals surface area contributed by atoms with Crippen LogP contribution in [-0.4, -0.2) is 31.1 Å². The second-order valence-electron chi connectivity index (χ2n) is 4.64. The minimum atomic E-state index is 0.378. The molecule has 0 fully saturated rings. The van der Waals surface area contributed by atoms with Gasteiger partial charge in [0, 0.05) is 18.7 Å². The molecule has 0 amide bonds. The molecule has 1 aromatic rings. The van der Waals surface area contributed by atoms with E-state index in [4.69, 9.17) is 15.9 Å². The first-order valence-corrected chi connectivity index (χ1v) is 6.94. The maximum Gasteiger partial charge on any atom is 0.131 e. The topological polar surface area (TPSA) is 68.4 Å². The van der Waals surface area contributed by atoms with Gasteiger partial charge in [-0.1, -0.05) is 12.0 Å². The van der Waals surface area contributed by atoms with Crippen molar-refractivity contribution >= 4 is 5.57 Å². The number of hydrogen-bond acceptors (Lipinski definition) is 4. The Labute approximate surface area is 120 Å². The second kappa shape index (κ2) is 7.59. The monoisotopic (exact) mass is 271 g/mol. The third-order valence-electron chi connectivity index (χ3n) is 3.18. The Morgan fingerprint density at radius 3 is 2.85 bits per heavy atom. The smallest absolute Gasteiger partial charge is 0.131 e. The molecule has 106 valence electrons. The lowest BCUT2D eigenvalue weighted by atomic mass is 10.1. The second-order valence-corrected chi connectivity index (χ2v) is 4.64. The van der Waals surface area contributed by atoms with E-state index in [0.29, 0.717) is 6.54 Å². The van der Waals surface area contributed by atoms with E-state index >= 15 is 0 Å². The molecule has 4 nitrogen and oxygen atoms in total. The highest BCUT2D eigenvalue weighted by Gasteiger charge is 2.16. The standard InChI is InChI=1S/C16H21N3O/c17-9-1-2-11-19-13-14(16-6-4-12-20-16)7-8-15(19)5-3-10-18/h4,6-8,12H,1-2,9-11,13,17-18H2. The summed E-state index contributed by atoms with van der Waals surface area (Å²) in [6.07, 6.45) is 7.88. The molecule has 0 radical (unpaired) electrons. The Kier molecular flexibility index (Phi) is 5.48. The summed E-state index contributed by atoms with van der Waals surface area (Å²) in [7, 11) is 0. The summed E-state index contributed by atoms with van der Waals surface area (Å²) >= 11 is 0. The highest BCUT2D eigenvalue weighted by atomic mass is 16.3. The van der Waals surface area contributed by atoms with Crippen LogP contribution in [0.1, 0.15) is 18.6 Å². The van der Waals surface area contributed by atoms with Crippen LogP contribution in [0, 0.1) is 11.8 Å². The van der Waals surface area contributed by atoms with Gasteiger partial charge in [-0.05, 0) is 43.5 Å². The lowest BCUT2D eigenvalue weighted by molar-refractivity contribution is 0.381. The Morgan fingerprint density at radius 2 is 2.15 bits per heavy atom. The van der Waals surface area contributed by atoms with Crippen molar-refractivity contribution in [2.75, 3.05) is 26.2 Å². The highest BCUT2D eigenvalue weighted by molar-refractivity contribution is 5.67. The summed E-state index contributed by atoms with van der Waals surface area (Å²) in [5.74, 6) is 6.96. The van der Waals surface area contributed by atoms with Crippen molar-refractivity contribution in [3.05, 3.63) is 42.0 Å². The Morgan fingerprint density at radius 1 is 1.25 bits per heavy atom. The summed E-state index contributed by atoms with van der Waals surface area (Å²) in [5, 5.41) is 0. The maximum atomic E-state index is 5.56. The van der Waals surface area contributed by atoms with Crippen LogP contribution in [0.15, 0.2) is 40.7 Å². The number of nitrogens with zero attached hydrogens (tertiary/aromatic N) is 1. The zero-order chi connectivity index (χ0) is 14.2. The summed E-state index contributed by atoms with van der Waals surface area (Å²) < 4.78 is 5.46. The molecule has 0 aromatic carbocycles. The summed E-state index contributed by atoms with van der Waals surface area (Å²) in [6, 6.07) is 3.89. The van der Waals surface area contributed by atoms with Crippen LogP contribution in [0.4, 0.5) is 0 Å². The van der Waals surface area contributed by atoms with E-state index < -0.39 is 0 Å². The van der Waals surface area contributed by atoms with E-state index in [1.165, 1.54) is 5.57 Å². The number of nitrogens with two attached hydrogens (primary N) is 2. The Bertz CT molecular complexity index is 532. The Hall–Kier alpha value is -1.96. The molecular formula is C16H21N3O. The molecular weight excluding hydrogens is 250 g/mol. The van der Waals surface area contributed by atoms with Crippen molar-refractivity contribution < 1.29 is 4.42 Å². The lowest BCUT2D eigenvalue weighted by Gasteiger charge is -2.28. The molecule has 0 bridgehead atoms. The first-order valence-electron chi connectivity index (χ1n) is 6.94. The minimum Gasteiger partial charge on any atom is -0.465 e. The summed E-state index contributed by atoms with van der Waals surface area (Å²) in [4.78, 5) is 2.26. The van der Waals surface area contributed by atoms with Crippen molar-refractivity contribution in [3.8, 4) is 11.8 Å². The Balaban J connectivity index is 2.12. The molecule has 0 spiro atoms. The fourth-order valence-corrected chi connectivity index (χ4v) is 2.16. The van der Waals surface area contributed by atoms with Gasteiger partial charge in [0.2, 0.25) is 0 Å². The van der Waals surface area contributed by atoms with Crippen LogP contribution < -0.4 is 11.5 Å². The SMILES string of the molecule is NCC#CC1=CC=C(c2ccco2)CN1CCCCN. The highest BCUT2D eigenvalue weighted by Crippen LogP contribution is 2.23. The fourth-order valence-electron chi connectivity index (χ4n) is 2.16. The molecule has 1 aromatic heterocycles. The number of unbranched alkanes of at least 4 members (excludes halogenated alkanes) is 1. The van der Waals surface area contributed by atoms with Gasteiger partial charge < -0.3 is 20.8 Å². The number of allylic oxidation sites excluding steroid dienone is 3. The lowest BCUT2D eigenvalue weighted by Crippen LogP contribution is -2.28. The predicted octanol–water partition coefficient (Wildman–Crippen LogP) is 1.56. The molecule has 2 rings (SSSR count). The van der Waals surface area contributed by atoms with E-state index in [1.807, 2.05) is 18.2 Å². The maximum absolute atomic E-state index is 5.56. The van der Waals surface area contributed by atoms with Crippen LogP contribution >= 0.6 is 0 Å². The molecule has 0 atom stereocenters. The van der Waals surface area contributed by atoms with E-state index in [2.05, 4.69) is 22.8 Å². The van der Waals surface area contributed by atoms with Crippen molar-refractivity contribution in [3.63, 3.8) is 0 Å². The fraction of sp³-hybridized carbons (Fsp3) is 0.375. The molecule has 1 aliphatic heterocycles. The summed E-state index contributed by atoms with van der Waals surface area (Å²) in [5.41, 5.74) is 13.2. The minimum absolute atomic E-state index is 0.378. The first-order chi connectivity index (χ1) is 9.85. The molecule has 1 aliphatic rings. The van der Waals surface area contributed by atoms with Crippen LogP contribution in [0.3, 0.4) is 0 Å². The van der Waals surface area contributed by atoms with E-state index in [9.17, 15) is 0 Å². The molecule has 20 heavy (non-hydrogen) atoms. The largest absolute Gasteiger partial charge is 0.465 e. The molecule has 0 unspecified atom stereocenters. The molecule has 4 N–H and O–H groups in total. The van der Waals surface area contributed by atoms with Gasteiger partial charge in [-0.2, -0.15) is 0 Å². The van der Waals surface area contributed by atoms with Crippen molar-refractivity contribution in [2.45, 2.75) is 12.8 Å². The quantitative estimate of drug-likeness (QED) is 0.630. The van der Waals surface area contributed by atoms with Gasteiger partial charge >= 0.3 is 0 Å². The van der Waals surface area contributed by atoms with Gasteiger partial charge in [0.15, 0.2) is 0 Å². The van der Waals surface area contributed by atoms with Crippen molar-refractivity contribution in [1.29, 1.82) is 0 Å². The zero-order valence-corrected chi connectivity index (χ0v) is 11.6. The van der Waals surface area contributed by atoms with Crippen LogP contribution in [-0.2, 0) is 0 Å². The van der Waals surface area contributed by atoms with E-state index in [-0.39, 0.29) is 0 Å².